The van der Waals surface area contributed by atoms with Crippen LogP contribution in [0.15, 0.2) is 17.8 Å². The minimum atomic E-state index is -0.570. The predicted molar refractivity (Wildman–Crippen MR) is 81.9 cm³/mol. The fourth-order valence-corrected chi connectivity index (χ4v) is 3.76. The van der Waals surface area contributed by atoms with Crippen molar-refractivity contribution >= 4 is 34.0 Å². The van der Waals surface area contributed by atoms with Crippen molar-refractivity contribution in [3.05, 3.63) is 23.5 Å². The van der Waals surface area contributed by atoms with E-state index >= 15 is 0 Å². The summed E-state index contributed by atoms with van der Waals surface area (Å²) in [6, 6.07) is -0.570. The van der Waals surface area contributed by atoms with Gasteiger partial charge in [0.15, 0.2) is 4.96 Å². The van der Waals surface area contributed by atoms with Crippen molar-refractivity contribution in [3.63, 3.8) is 0 Å². The molecule has 1 atom stereocenters. The lowest BCUT2D eigenvalue weighted by Gasteiger charge is -2.42. The van der Waals surface area contributed by atoms with Gasteiger partial charge in [0.1, 0.15) is 6.04 Å². The molecule has 0 spiro atoms. The van der Waals surface area contributed by atoms with Crippen LogP contribution in [0, 0.1) is 0 Å². The molecule has 0 bridgehead atoms. The molecule has 9 heteroatoms. The quantitative estimate of drug-likeness (QED) is 0.772. The van der Waals surface area contributed by atoms with Crippen molar-refractivity contribution in [3.8, 4) is 0 Å². The van der Waals surface area contributed by atoms with Gasteiger partial charge in [0, 0.05) is 30.9 Å². The summed E-state index contributed by atoms with van der Waals surface area (Å²) >= 11 is 1.52. The average Bonchev–Trinajstić information content (AvgIpc) is 3.12. The molecule has 2 aliphatic heterocycles. The van der Waals surface area contributed by atoms with Crippen LogP contribution >= 0.6 is 11.3 Å². The van der Waals surface area contributed by atoms with E-state index < -0.39 is 6.04 Å². The molecule has 120 valence electrons. The summed E-state index contributed by atoms with van der Waals surface area (Å²) in [5.41, 5.74) is 0.716. The highest BCUT2D eigenvalue weighted by molar-refractivity contribution is 7.15. The minimum absolute atomic E-state index is 0.0503. The van der Waals surface area contributed by atoms with E-state index in [-0.39, 0.29) is 37.2 Å². The number of hydrogen-bond acceptors (Lipinski definition) is 5. The molecule has 2 aliphatic rings. The molecular formula is C14H15N5O3S. The Labute approximate surface area is 135 Å². The molecule has 2 aromatic heterocycles. The molecule has 23 heavy (non-hydrogen) atoms. The van der Waals surface area contributed by atoms with E-state index in [2.05, 4.69) is 10.3 Å². The van der Waals surface area contributed by atoms with Crippen molar-refractivity contribution in [1.29, 1.82) is 0 Å². The van der Waals surface area contributed by atoms with Gasteiger partial charge in [-0.25, -0.2) is 4.98 Å². The summed E-state index contributed by atoms with van der Waals surface area (Å²) in [5.74, 6) is -0.345. The number of fused-ring (bicyclic) bond motifs is 2. The fourth-order valence-electron chi connectivity index (χ4n) is 3.04. The van der Waals surface area contributed by atoms with Crippen molar-refractivity contribution in [2.75, 3.05) is 26.2 Å². The van der Waals surface area contributed by atoms with Crippen LogP contribution in [0.5, 0.6) is 0 Å². The van der Waals surface area contributed by atoms with Gasteiger partial charge in [-0.2, -0.15) is 0 Å². The number of nitrogens with zero attached hydrogens (tertiary/aromatic N) is 4. The topological polar surface area (TPSA) is 87.0 Å². The number of nitrogens with one attached hydrogen (secondary N) is 1. The maximum atomic E-state index is 12.5. The Hall–Kier alpha value is -2.42. The van der Waals surface area contributed by atoms with Gasteiger partial charge in [0.2, 0.25) is 17.7 Å². The number of carbonyl (C=O) groups excluding carboxylic acids is 3. The normalized spacial score (nSPS) is 21.5. The zero-order chi connectivity index (χ0) is 16.0. The highest BCUT2D eigenvalue weighted by Gasteiger charge is 2.39. The maximum Gasteiger partial charge on any atom is 0.245 e. The van der Waals surface area contributed by atoms with E-state index in [1.54, 1.807) is 9.80 Å². The lowest BCUT2D eigenvalue weighted by molar-refractivity contribution is -0.152. The first-order chi connectivity index (χ1) is 11.1. The second-order valence-corrected chi connectivity index (χ2v) is 6.54. The second kappa shape index (κ2) is 5.34. The average molecular weight is 333 g/mol. The van der Waals surface area contributed by atoms with E-state index in [4.69, 9.17) is 0 Å². The molecule has 4 heterocycles. The number of carbonyl (C=O) groups is 3. The Balaban J connectivity index is 1.45. The SMILES string of the molecule is O=C1NCC(=O)N2CCN(C(=O)Cc3cn4ccsc4n3)C[C@@H]12. The molecule has 2 fully saturated rings. The number of rotatable bonds is 2. The number of thiazole rings is 1. The van der Waals surface area contributed by atoms with Crippen molar-refractivity contribution in [2.24, 2.45) is 0 Å². The largest absolute Gasteiger partial charge is 0.345 e. The van der Waals surface area contributed by atoms with Gasteiger partial charge >= 0.3 is 0 Å². The highest BCUT2D eigenvalue weighted by Crippen LogP contribution is 2.16. The van der Waals surface area contributed by atoms with Crippen LogP contribution in [0.1, 0.15) is 5.69 Å². The highest BCUT2D eigenvalue weighted by atomic mass is 32.1. The third-order valence-electron chi connectivity index (χ3n) is 4.25. The predicted octanol–water partition coefficient (Wildman–Crippen LogP) is -0.892. The van der Waals surface area contributed by atoms with Crippen LogP contribution in [-0.2, 0) is 20.8 Å². The number of imidazole rings is 1. The molecule has 0 aliphatic carbocycles. The Morgan fingerprint density at radius 1 is 1.39 bits per heavy atom. The van der Waals surface area contributed by atoms with Gasteiger partial charge in [-0.05, 0) is 0 Å². The van der Waals surface area contributed by atoms with Gasteiger partial charge in [-0.3, -0.25) is 18.8 Å². The first-order valence-corrected chi connectivity index (χ1v) is 8.26. The molecule has 4 rings (SSSR count). The molecule has 0 saturated carbocycles. The van der Waals surface area contributed by atoms with Crippen molar-refractivity contribution in [2.45, 2.75) is 12.5 Å². The minimum Gasteiger partial charge on any atom is -0.345 e. The van der Waals surface area contributed by atoms with Gasteiger partial charge in [0.05, 0.1) is 25.2 Å². The maximum absolute atomic E-state index is 12.5. The molecule has 1 N–H and O–H groups in total. The zero-order valence-corrected chi connectivity index (χ0v) is 13.1. The van der Waals surface area contributed by atoms with Crippen molar-refractivity contribution < 1.29 is 14.4 Å². The third-order valence-corrected chi connectivity index (χ3v) is 5.02. The van der Waals surface area contributed by atoms with E-state index in [0.29, 0.717) is 18.8 Å². The molecule has 2 aromatic rings. The Kier molecular flexibility index (Phi) is 3.29. The number of piperazine rings is 2. The van der Waals surface area contributed by atoms with Gasteiger partial charge < -0.3 is 15.1 Å². The number of hydrogen-bond donors (Lipinski definition) is 1. The van der Waals surface area contributed by atoms with E-state index in [1.807, 2.05) is 22.2 Å². The Bertz CT molecular complexity index is 769. The van der Waals surface area contributed by atoms with Crippen LogP contribution < -0.4 is 5.32 Å². The monoisotopic (exact) mass is 333 g/mol. The summed E-state index contributed by atoms with van der Waals surface area (Å²) in [4.78, 5) is 44.7. The third kappa shape index (κ3) is 2.46. The Morgan fingerprint density at radius 2 is 2.26 bits per heavy atom. The first-order valence-electron chi connectivity index (χ1n) is 7.38. The fraction of sp³-hybridized carbons (Fsp3) is 0.429. The van der Waals surface area contributed by atoms with E-state index in [1.165, 1.54) is 11.3 Å². The van der Waals surface area contributed by atoms with Crippen LogP contribution in [0.2, 0.25) is 0 Å². The van der Waals surface area contributed by atoms with Crippen LogP contribution in [0.25, 0.3) is 4.96 Å². The van der Waals surface area contributed by atoms with Crippen LogP contribution in [0.4, 0.5) is 0 Å². The summed E-state index contributed by atoms with van der Waals surface area (Å²) < 4.78 is 1.89. The first kappa shape index (κ1) is 14.2. The molecule has 8 nitrogen and oxygen atoms in total. The number of aromatic nitrogens is 2. The molecule has 0 unspecified atom stereocenters. The second-order valence-electron chi connectivity index (χ2n) is 5.66. The van der Waals surface area contributed by atoms with Gasteiger partial charge in [-0.15, -0.1) is 11.3 Å². The lowest BCUT2D eigenvalue weighted by Crippen LogP contribution is -2.66. The smallest absolute Gasteiger partial charge is 0.245 e. The van der Waals surface area contributed by atoms with Gasteiger partial charge in [0.25, 0.3) is 0 Å². The van der Waals surface area contributed by atoms with Gasteiger partial charge in [-0.1, -0.05) is 0 Å². The van der Waals surface area contributed by atoms with E-state index in [0.717, 1.165) is 4.96 Å². The van der Waals surface area contributed by atoms with Crippen molar-refractivity contribution in [1.82, 2.24) is 24.5 Å². The molecule has 0 aromatic carbocycles. The Morgan fingerprint density at radius 3 is 3.09 bits per heavy atom. The molecule has 2 saturated heterocycles. The summed E-state index contributed by atoms with van der Waals surface area (Å²) in [5, 5.41) is 4.51. The summed E-state index contributed by atoms with van der Waals surface area (Å²) in [7, 11) is 0. The standard InChI is InChI=1S/C14H15N5O3S/c20-11(5-9-7-18-3-4-23-14(18)16-9)17-1-2-19-10(8-17)13(22)15-6-12(19)21/h3-4,7,10H,1-2,5-6,8H2,(H,15,22)/t10-/m0/s1. The zero-order valence-electron chi connectivity index (χ0n) is 12.3. The molecule has 0 radical (unpaired) electrons. The summed E-state index contributed by atoms with van der Waals surface area (Å²) in [6.45, 7) is 1.16. The van der Waals surface area contributed by atoms with Crippen LogP contribution in [0.3, 0.4) is 0 Å². The molecular weight excluding hydrogens is 318 g/mol. The summed E-state index contributed by atoms with van der Waals surface area (Å²) in [6.07, 6.45) is 3.95. The van der Waals surface area contributed by atoms with Crippen LogP contribution in [-0.4, -0.2) is 69.1 Å². The lowest BCUT2D eigenvalue weighted by atomic mass is 10.1. The molecule has 3 amide bonds. The van der Waals surface area contributed by atoms with E-state index in [9.17, 15) is 14.4 Å². The number of amides is 3.